The molecule has 2 N–H and O–H groups in total. The highest BCUT2D eigenvalue weighted by atomic mass is 16.9. The summed E-state index contributed by atoms with van der Waals surface area (Å²) in [5.41, 5.74) is -1.01. The molecule has 3 bridgehead atoms. The fraction of sp³-hybridized carbons (Fsp3) is 0.429. The van der Waals surface area contributed by atoms with E-state index in [0.717, 1.165) is 11.1 Å². The topological polar surface area (TPSA) is 112 Å². The van der Waals surface area contributed by atoms with Crippen LogP contribution in [0.1, 0.15) is 44.7 Å². The van der Waals surface area contributed by atoms with E-state index in [-0.39, 0.29) is 30.3 Å². The number of fused-ring (bicyclic) bond motifs is 2. The lowest BCUT2D eigenvalue weighted by Gasteiger charge is -2.59. The summed E-state index contributed by atoms with van der Waals surface area (Å²) in [5.74, 6) is -3.57. The number of ether oxygens (including phenoxy) is 4. The number of rotatable bonds is 6. The number of esters is 1. The predicted octanol–water partition coefficient (Wildman–Crippen LogP) is 4.69. The minimum absolute atomic E-state index is 0.0493. The fourth-order valence-corrected chi connectivity index (χ4v) is 8.29. The molecule has 0 amide bonds. The van der Waals surface area contributed by atoms with Crippen molar-refractivity contribution in [1.29, 1.82) is 0 Å². The molecule has 2 aliphatic heterocycles. The monoisotopic (exact) mass is 584 g/mol. The molecule has 2 heterocycles. The van der Waals surface area contributed by atoms with E-state index in [1.165, 1.54) is 12.1 Å². The molecule has 0 spiro atoms. The van der Waals surface area contributed by atoms with E-state index in [0.29, 0.717) is 24.0 Å². The van der Waals surface area contributed by atoms with Crippen LogP contribution in [0.4, 0.5) is 0 Å². The van der Waals surface area contributed by atoms with Gasteiger partial charge in [-0.15, -0.1) is 0 Å². The van der Waals surface area contributed by atoms with Crippen molar-refractivity contribution < 1.29 is 38.7 Å². The molecule has 1 unspecified atom stereocenters. The minimum Gasteiger partial charge on any atom is -0.508 e. The second-order valence-electron chi connectivity index (χ2n) is 13.0. The summed E-state index contributed by atoms with van der Waals surface area (Å²) in [5, 5.41) is 21.9. The van der Waals surface area contributed by atoms with Crippen LogP contribution in [0, 0.1) is 17.8 Å². The van der Waals surface area contributed by atoms with Crippen molar-refractivity contribution in [3.63, 3.8) is 0 Å². The van der Waals surface area contributed by atoms with Crippen LogP contribution in [0.3, 0.4) is 0 Å². The normalized spacial score (nSPS) is 38.9. The highest BCUT2D eigenvalue weighted by Crippen LogP contribution is 2.68. The number of carbonyl (C=O) groups is 2. The molecule has 8 heteroatoms. The molecule has 8 atom stereocenters. The number of Topliss-reactive ketones (excluding diaryl/α,β-unsaturated/α-hetero) is 1. The summed E-state index contributed by atoms with van der Waals surface area (Å²) >= 11 is 0. The summed E-state index contributed by atoms with van der Waals surface area (Å²) in [6.07, 6.45) is 3.69. The first kappa shape index (κ1) is 28.2. The molecular formula is C35H36O8. The smallest absolute Gasteiger partial charge is 0.315 e. The third kappa shape index (κ3) is 4.04. The van der Waals surface area contributed by atoms with E-state index in [2.05, 4.69) is 13.5 Å². The predicted molar refractivity (Wildman–Crippen MR) is 155 cm³/mol. The van der Waals surface area contributed by atoms with Crippen LogP contribution in [0.15, 0.2) is 90.2 Å². The standard InChI is InChI=1S/C35H36O8/c1-20(2)33-17-22(4)35-27(31(33)41-34(42-33,43-35)18-24-8-6-5-7-9-24)16-26(19-32(39)28(35)14-21(3)30(32)38)40-29(37)15-23-10-12-25(36)13-11-23/h5-14,16,22,27-28,31,36,39H,1,15,17-19H2,2-4H3/t22-,27+,28-,31-,32-,33-,34?,35+/m1/s1. The Morgan fingerprint density at radius 3 is 2.49 bits per heavy atom. The van der Waals surface area contributed by atoms with Gasteiger partial charge in [0.15, 0.2) is 5.78 Å². The Labute approximate surface area is 250 Å². The van der Waals surface area contributed by atoms with Crippen molar-refractivity contribution in [2.24, 2.45) is 17.8 Å². The second kappa shape index (κ2) is 9.47. The minimum atomic E-state index is -1.88. The van der Waals surface area contributed by atoms with Crippen molar-refractivity contribution >= 4 is 11.8 Å². The van der Waals surface area contributed by atoms with Gasteiger partial charge in [0.25, 0.3) is 5.97 Å². The zero-order valence-electron chi connectivity index (χ0n) is 24.5. The first-order chi connectivity index (χ1) is 20.4. The van der Waals surface area contributed by atoms with Crippen LogP contribution in [-0.2, 0) is 41.4 Å². The third-order valence-corrected chi connectivity index (χ3v) is 10.2. The average molecular weight is 585 g/mol. The Hall–Kier alpha value is -3.56. The van der Waals surface area contributed by atoms with Gasteiger partial charge in [0, 0.05) is 18.3 Å². The molecule has 224 valence electrons. The van der Waals surface area contributed by atoms with E-state index >= 15 is 0 Å². The first-order valence-corrected chi connectivity index (χ1v) is 14.8. The van der Waals surface area contributed by atoms with Crippen molar-refractivity contribution in [2.45, 2.75) is 75.3 Å². The van der Waals surface area contributed by atoms with Crippen molar-refractivity contribution in [1.82, 2.24) is 0 Å². The summed E-state index contributed by atoms with van der Waals surface area (Å²) in [6.45, 7) is 10.0. The van der Waals surface area contributed by atoms with Gasteiger partial charge in [0.05, 0.1) is 18.4 Å². The fourth-order valence-electron chi connectivity index (χ4n) is 8.29. The van der Waals surface area contributed by atoms with Crippen molar-refractivity contribution in [3.05, 3.63) is 101 Å². The molecule has 2 aromatic carbocycles. The van der Waals surface area contributed by atoms with E-state index in [1.807, 2.05) is 49.4 Å². The van der Waals surface area contributed by atoms with Gasteiger partial charge in [-0.05, 0) is 66.7 Å². The number of hydrogen-bond acceptors (Lipinski definition) is 8. The van der Waals surface area contributed by atoms with Crippen LogP contribution < -0.4 is 0 Å². The molecule has 2 saturated heterocycles. The zero-order chi connectivity index (χ0) is 30.4. The lowest BCUT2D eigenvalue weighted by molar-refractivity contribution is -0.421. The van der Waals surface area contributed by atoms with Gasteiger partial charge < -0.3 is 29.2 Å². The van der Waals surface area contributed by atoms with Gasteiger partial charge >= 0.3 is 5.97 Å². The van der Waals surface area contributed by atoms with Crippen LogP contribution in [0.25, 0.3) is 0 Å². The quantitative estimate of drug-likeness (QED) is 0.372. The highest BCUT2D eigenvalue weighted by Gasteiger charge is 2.79. The maximum atomic E-state index is 13.7. The number of benzene rings is 2. The number of phenolic OH excluding ortho intramolecular Hbond substituents is 1. The molecule has 7 rings (SSSR count). The number of aromatic hydroxyl groups is 1. The highest BCUT2D eigenvalue weighted by molar-refractivity contribution is 6.04. The number of aliphatic hydroxyl groups is 1. The zero-order valence-corrected chi connectivity index (χ0v) is 24.5. The molecule has 3 fully saturated rings. The average Bonchev–Trinajstić information content (AvgIpc) is 3.26. The van der Waals surface area contributed by atoms with Crippen molar-refractivity contribution in [2.75, 3.05) is 0 Å². The van der Waals surface area contributed by atoms with Crippen LogP contribution in [0.5, 0.6) is 5.75 Å². The Morgan fingerprint density at radius 2 is 1.79 bits per heavy atom. The van der Waals surface area contributed by atoms with Gasteiger partial charge in [-0.25, -0.2) is 0 Å². The number of ketones is 1. The molecule has 0 radical (unpaired) electrons. The van der Waals surface area contributed by atoms with Gasteiger partial charge in [0.1, 0.15) is 28.8 Å². The van der Waals surface area contributed by atoms with Crippen LogP contribution >= 0.6 is 0 Å². The maximum absolute atomic E-state index is 13.7. The van der Waals surface area contributed by atoms with Crippen molar-refractivity contribution in [3.8, 4) is 5.75 Å². The molecule has 3 aliphatic carbocycles. The van der Waals surface area contributed by atoms with Gasteiger partial charge in [0.2, 0.25) is 0 Å². The number of hydrogen-bond donors (Lipinski definition) is 2. The number of phenols is 1. The van der Waals surface area contributed by atoms with Crippen LogP contribution in [0.2, 0.25) is 0 Å². The largest absolute Gasteiger partial charge is 0.508 e. The van der Waals surface area contributed by atoms with E-state index < -0.39 is 52.5 Å². The molecule has 43 heavy (non-hydrogen) atoms. The van der Waals surface area contributed by atoms with E-state index in [9.17, 15) is 19.8 Å². The first-order valence-electron chi connectivity index (χ1n) is 14.8. The Morgan fingerprint density at radius 1 is 1.07 bits per heavy atom. The SMILES string of the molecule is C=C(C)[C@]12C[C@@H](C)[C@]34OC(Cc5ccccc5)(O[C@@H]1[C@@H]3C=C(OC(=O)Cc1ccc(O)cc1)C[C@]1(O)C(=O)C(C)=C[C@@H]41)O2. The summed E-state index contributed by atoms with van der Waals surface area (Å²) in [6, 6.07) is 16.1. The van der Waals surface area contributed by atoms with Crippen LogP contribution in [-0.4, -0.2) is 50.8 Å². The molecular weight excluding hydrogens is 548 g/mol. The molecule has 0 aromatic heterocycles. The van der Waals surface area contributed by atoms with Gasteiger partial charge in [-0.1, -0.05) is 62.0 Å². The number of carbonyl (C=O) groups excluding carboxylic acids is 2. The third-order valence-electron chi connectivity index (χ3n) is 10.2. The molecule has 5 aliphatic rings. The Balaban J connectivity index is 1.34. The van der Waals surface area contributed by atoms with Gasteiger partial charge in [-0.3, -0.25) is 9.59 Å². The molecule has 1 saturated carbocycles. The van der Waals surface area contributed by atoms with E-state index in [1.54, 1.807) is 19.1 Å². The second-order valence-corrected chi connectivity index (χ2v) is 13.0. The van der Waals surface area contributed by atoms with Gasteiger partial charge in [-0.2, -0.15) is 0 Å². The molecule has 2 aromatic rings. The molecule has 8 nitrogen and oxygen atoms in total. The van der Waals surface area contributed by atoms with E-state index in [4.69, 9.17) is 18.9 Å². The summed E-state index contributed by atoms with van der Waals surface area (Å²) in [7, 11) is 0. The lowest BCUT2D eigenvalue weighted by Crippen LogP contribution is -2.70. The lowest BCUT2D eigenvalue weighted by atomic mass is 9.55. The Bertz CT molecular complexity index is 1580. The summed E-state index contributed by atoms with van der Waals surface area (Å²) < 4.78 is 26.6. The Kier molecular flexibility index (Phi) is 6.21. The maximum Gasteiger partial charge on any atom is 0.315 e. The summed E-state index contributed by atoms with van der Waals surface area (Å²) in [4.78, 5) is 26.9.